The Morgan fingerprint density at radius 1 is 1.18 bits per heavy atom. The minimum atomic E-state index is 0.769. The molecule has 0 saturated heterocycles. The number of anilines is 1. The molecule has 0 aliphatic heterocycles. The van der Waals surface area contributed by atoms with Crippen LogP contribution < -0.4 is 5.32 Å². The van der Waals surface area contributed by atoms with Crippen molar-refractivity contribution in [2.45, 2.75) is 13.3 Å². The van der Waals surface area contributed by atoms with E-state index in [2.05, 4.69) is 23.3 Å². The Morgan fingerprint density at radius 2 is 1.94 bits per heavy atom. The second-order valence-electron chi connectivity index (χ2n) is 4.02. The number of nitrogens with one attached hydrogen (secondary N) is 1. The van der Waals surface area contributed by atoms with E-state index >= 15 is 0 Å². The predicted octanol–water partition coefficient (Wildman–Crippen LogP) is 3.70. The third kappa shape index (κ3) is 3.46. The molecule has 17 heavy (non-hydrogen) atoms. The zero-order valence-corrected chi connectivity index (χ0v) is 10.5. The molecular weight excluding hydrogens is 232 g/mol. The molecule has 0 fully saturated rings. The maximum atomic E-state index is 6.11. The van der Waals surface area contributed by atoms with Crippen molar-refractivity contribution < 1.29 is 0 Å². The molecule has 3 heteroatoms. The molecule has 0 radical (unpaired) electrons. The van der Waals surface area contributed by atoms with Crippen LogP contribution in [0.2, 0.25) is 5.02 Å². The lowest BCUT2D eigenvalue weighted by Crippen LogP contribution is -2.05. The summed E-state index contributed by atoms with van der Waals surface area (Å²) in [6.07, 6.45) is 4.59. The van der Waals surface area contributed by atoms with Crippen LogP contribution in [0.4, 0.5) is 5.69 Å². The SMILES string of the molecule is Cc1ccc(Cl)c(NCCc2ccncc2)c1. The molecule has 1 aromatic carbocycles. The van der Waals surface area contributed by atoms with E-state index in [0.29, 0.717) is 0 Å². The molecule has 0 aliphatic rings. The van der Waals surface area contributed by atoms with E-state index in [1.165, 1.54) is 11.1 Å². The average molecular weight is 247 g/mol. The molecule has 0 aliphatic carbocycles. The number of benzene rings is 1. The van der Waals surface area contributed by atoms with E-state index in [1.54, 1.807) is 0 Å². The molecule has 88 valence electrons. The molecule has 2 aromatic rings. The highest BCUT2D eigenvalue weighted by Crippen LogP contribution is 2.22. The highest BCUT2D eigenvalue weighted by atomic mass is 35.5. The zero-order chi connectivity index (χ0) is 12.1. The Labute approximate surface area is 107 Å². The smallest absolute Gasteiger partial charge is 0.0637 e. The lowest BCUT2D eigenvalue weighted by Gasteiger charge is -2.09. The van der Waals surface area contributed by atoms with Crippen LogP contribution in [0, 0.1) is 6.92 Å². The maximum absolute atomic E-state index is 6.11. The monoisotopic (exact) mass is 246 g/mol. The second kappa shape index (κ2) is 5.69. The summed E-state index contributed by atoms with van der Waals surface area (Å²) in [6.45, 7) is 2.93. The Morgan fingerprint density at radius 3 is 2.71 bits per heavy atom. The molecule has 0 atom stereocenters. The predicted molar refractivity (Wildman–Crippen MR) is 72.6 cm³/mol. The summed E-state index contributed by atoms with van der Waals surface area (Å²) < 4.78 is 0. The van der Waals surface area contributed by atoms with E-state index in [-0.39, 0.29) is 0 Å². The molecular formula is C14H15ClN2. The summed E-state index contributed by atoms with van der Waals surface area (Å²) in [4.78, 5) is 4.00. The number of aromatic nitrogens is 1. The minimum Gasteiger partial charge on any atom is -0.384 e. The van der Waals surface area contributed by atoms with Crippen LogP contribution in [-0.4, -0.2) is 11.5 Å². The summed E-state index contributed by atoms with van der Waals surface area (Å²) in [7, 11) is 0. The first-order chi connectivity index (χ1) is 8.25. The van der Waals surface area contributed by atoms with Crippen molar-refractivity contribution in [2.24, 2.45) is 0 Å². The Kier molecular flexibility index (Phi) is 3.99. The van der Waals surface area contributed by atoms with Crippen LogP contribution in [0.1, 0.15) is 11.1 Å². The second-order valence-corrected chi connectivity index (χ2v) is 4.42. The van der Waals surface area contributed by atoms with Crippen LogP contribution in [0.5, 0.6) is 0 Å². The van der Waals surface area contributed by atoms with Crippen molar-refractivity contribution in [1.29, 1.82) is 0 Å². The highest BCUT2D eigenvalue weighted by molar-refractivity contribution is 6.33. The van der Waals surface area contributed by atoms with Crippen LogP contribution in [0.15, 0.2) is 42.7 Å². The van der Waals surface area contributed by atoms with Crippen LogP contribution in [0.3, 0.4) is 0 Å². The number of nitrogens with zero attached hydrogens (tertiary/aromatic N) is 1. The van der Waals surface area contributed by atoms with E-state index in [1.807, 2.05) is 36.7 Å². The Balaban J connectivity index is 1.92. The molecule has 0 saturated carbocycles. The lowest BCUT2D eigenvalue weighted by molar-refractivity contribution is 1.01. The number of pyridine rings is 1. The normalized spacial score (nSPS) is 10.2. The van der Waals surface area contributed by atoms with Gasteiger partial charge in [0.15, 0.2) is 0 Å². The van der Waals surface area contributed by atoms with Crippen molar-refractivity contribution in [2.75, 3.05) is 11.9 Å². The first kappa shape index (κ1) is 11.9. The van der Waals surface area contributed by atoms with Gasteiger partial charge in [-0.2, -0.15) is 0 Å². The summed E-state index contributed by atoms with van der Waals surface area (Å²) >= 11 is 6.11. The Bertz CT molecular complexity index is 483. The van der Waals surface area contributed by atoms with Gasteiger partial charge < -0.3 is 5.32 Å². The first-order valence-electron chi connectivity index (χ1n) is 5.64. The quantitative estimate of drug-likeness (QED) is 0.890. The van der Waals surface area contributed by atoms with Crippen molar-refractivity contribution in [1.82, 2.24) is 4.98 Å². The number of rotatable bonds is 4. The van der Waals surface area contributed by atoms with Gasteiger partial charge in [-0.3, -0.25) is 4.98 Å². The van der Waals surface area contributed by atoms with Crippen molar-refractivity contribution in [3.8, 4) is 0 Å². The largest absolute Gasteiger partial charge is 0.384 e. The summed E-state index contributed by atoms with van der Waals surface area (Å²) in [5.41, 5.74) is 3.48. The summed E-state index contributed by atoms with van der Waals surface area (Å²) in [5.74, 6) is 0. The topological polar surface area (TPSA) is 24.9 Å². The van der Waals surface area contributed by atoms with Crippen LogP contribution >= 0.6 is 11.6 Å². The number of hydrogen-bond acceptors (Lipinski definition) is 2. The summed E-state index contributed by atoms with van der Waals surface area (Å²) in [5, 5.41) is 4.12. The van der Waals surface area contributed by atoms with E-state index in [0.717, 1.165) is 23.7 Å². The van der Waals surface area contributed by atoms with Gasteiger partial charge in [0.05, 0.1) is 10.7 Å². The molecule has 0 amide bonds. The number of hydrogen-bond donors (Lipinski definition) is 1. The van der Waals surface area contributed by atoms with E-state index in [9.17, 15) is 0 Å². The molecule has 1 N–H and O–H groups in total. The van der Waals surface area contributed by atoms with Gasteiger partial charge in [0.25, 0.3) is 0 Å². The van der Waals surface area contributed by atoms with Gasteiger partial charge in [-0.15, -0.1) is 0 Å². The fraction of sp³-hybridized carbons (Fsp3) is 0.214. The molecule has 1 aromatic heterocycles. The van der Waals surface area contributed by atoms with Crippen molar-refractivity contribution in [3.63, 3.8) is 0 Å². The van der Waals surface area contributed by atoms with Crippen molar-refractivity contribution in [3.05, 3.63) is 58.9 Å². The molecule has 2 nitrogen and oxygen atoms in total. The van der Waals surface area contributed by atoms with Crippen molar-refractivity contribution >= 4 is 17.3 Å². The molecule has 0 bridgehead atoms. The fourth-order valence-corrected chi connectivity index (χ4v) is 1.85. The van der Waals surface area contributed by atoms with Gasteiger partial charge >= 0.3 is 0 Å². The lowest BCUT2D eigenvalue weighted by atomic mass is 10.2. The third-order valence-electron chi connectivity index (χ3n) is 2.60. The van der Waals surface area contributed by atoms with Gasteiger partial charge in [0, 0.05) is 18.9 Å². The average Bonchev–Trinajstić information content (AvgIpc) is 2.35. The van der Waals surface area contributed by atoms with Gasteiger partial charge in [-0.05, 0) is 48.7 Å². The van der Waals surface area contributed by atoms with Gasteiger partial charge in [0.1, 0.15) is 0 Å². The summed E-state index contributed by atoms with van der Waals surface area (Å²) in [6, 6.07) is 10.1. The zero-order valence-electron chi connectivity index (χ0n) is 9.78. The van der Waals surface area contributed by atoms with Gasteiger partial charge in [-0.1, -0.05) is 17.7 Å². The fourth-order valence-electron chi connectivity index (χ4n) is 1.67. The van der Waals surface area contributed by atoms with Gasteiger partial charge in [0.2, 0.25) is 0 Å². The molecule has 2 rings (SSSR count). The van der Waals surface area contributed by atoms with Crippen LogP contribution in [-0.2, 0) is 6.42 Å². The molecule has 1 heterocycles. The Hall–Kier alpha value is -1.54. The number of aryl methyl sites for hydroxylation is 1. The maximum Gasteiger partial charge on any atom is 0.0637 e. The van der Waals surface area contributed by atoms with Crippen LogP contribution in [0.25, 0.3) is 0 Å². The highest BCUT2D eigenvalue weighted by Gasteiger charge is 1.99. The van der Waals surface area contributed by atoms with Gasteiger partial charge in [-0.25, -0.2) is 0 Å². The molecule has 0 spiro atoms. The molecule has 0 unspecified atom stereocenters. The van der Waals surface area contributed by atoms with E-state index < -0.39 is 0 Å². The minimum absolute atomic E-state index is 0.769. The first-order valence-corrected chi connectivity index (χ1v) is 6.02. The number of halogens is 1. The van der Waals surface area contributed by atoms with E-state index in [4.69, 9.17) is 11.6 Å². The third-order valence-corrected chi connectivity index (χ3v) is 2.93. The standard InChI is InChI=1S/C14H15ClN2/c1-11-2-3-13(15)14(10-11)17-9-6-12-4-7-16-8-5-12/h2-5,7-8,10,17H,6,9H2,1H3.